The molecule has 0 amide bonds. The van der Waals surface area contributed by atoms with E-state index in [4.69, 9.17) is 19.0 Å². The molecule has 0 atom stereocenters. The van der Waals surface area contributed by atoms with E-state index < -0.39 is 14.3 Å². The van der Waals surface area contributed by atoms with E-state index in [0.29, 0.717) is 26.2 Å². The number of rotatable bonds is 11. The van der Waals surface area contributed by atoms with Gasteiger partial charge in [-0.25, -0.2) is 0 Å². The van der Waals surface area contributed by atoms with Gasteiger partial charge in [0.15, 0.2) is 0 Å². The van der Waals surface area contributed by atoms with E-state index in [-0.39, 0.29) is 22.3 Å². The van der Waals surface area contributed by atoms with Crippen molar-refractivity contribution < 1.29 is 23.8 Å². The van der Waals surface area contributed by atoms with Gasteiger partial charge in [0.05, 0.1) is 13.2 Å². The Balaban J connectivity index is 2.25. The Bertz CT molecular complexity index is 862. The van der Waals surface area contributed by atoms with Crippen molar-refractivity contribution in [1.82, 2.24) is 0 Å². The summed E-state index contributed by atoms with van der Waals surface area (Å²) >= 11 is 0. The Hall–Kier alpha value is -1.79. The summed E-state index contributed by atoms with van der Waals surface area (Å²) in [6.07, 6.45) is 1.58. The number of hydrogen-bond acceptors (Lipinski definition) is 4. The number of carboxylic acid groups (broad SMARTS) is 1. The van der Waals surface area contributed by atoms with Crippen LogP contribution >= 0.6 is 0 Å². The molecular formula is C27H44O5Si. The summed E-state index contributed by atoms with van der Waals surface area (Å²) < 4.78 is 18.8. The first-order valence-corrected chi connectivity index (χ1v) is 14.9. The number of unbranched alkanes of at least 4 members (excludes halogenated alkanes) is 1. The Morgan fingerprint density at radius 2 is 1.82 bits per heavy atom. The molecule has 1 aromatic carbocycles. The highest BCUT2D eigenvalue weighted by Crippen LogP contribution is 2.50. The molecule has 1 N–H and O–H groups in total. The maximum Gasteiger partial charge on any atom is 0.303 e. The monoisotopic (exact) mass is 476 g/mol. The SMILES string of the molecule is CC(C)(COCCCCC(=O)O)C1=C(c2cccc(O[Si](C)(C)C(C)(C)C)c2)OCC1(C)C. The highest BCUT2D eigenvalue weighted by atomic mass is 28.4. The van der Waals surface area contributed by atoms with Crippen LogP contribution in [0.3, 0.4) is 0 Å². The average Bonchev–Trinajstić information content (AvgIpc) is 2.99. The van der Waals surface area contributed by atoms with Gasteiger partial charge in [0.1, 0.15) is 11.5 Å². The summed E-state index contributed by atoms with van der Waals surface area (Å²) in [5, 5.41) is 8.92. The van der Waals surface area contributed by atoms with Crippen LogP contribution in [-0.2, 0) is 14.3 Å². The highest BCUT2D eigenvalue weighted by Gasteiger charge is 2.44. The van der Waals surface area contributed by atoms with Crippen LogP contribution in [0.2, 0.25) is 18.1 Å². The number of benzene rings is 1. The van der Waals surface area contributed by atoms with Gasteiger partial charge in [-0.3, -0.25) is 4.79 Å². The summed E-state index contributed by atoms with van der Waals surface area (Å²) in [6.45, 7) is 21.9. The molecule has 0 aliphatic carbocycles. The van der Waals surface area contributed by atoms with Gasteiger partial charge in [-0.1, -0.05) is 60.6 Å². The van der Waals surface area contributed by atoms with Crippen molar-refractivity contribution in [3.05, 3.63) is 35.4 Å². The van der Waals surface area contributed by atoms with Crippen molar-refractivity contribution in [3.8, 4) is 5.75 Å². The van der Waals surface area contributed by atoms with E-state index in [2.05, 4.69) is 73.7 Å². The largest absolute Gasteiger partial charge is 0.543 e. The molecule has 5 nitrogen and oxygen atoms in total. The van der Waals surface area contributed by atoms with Gasteiger partial charge < -0.3 is 19.0 Å². The molecule has 0 fully saturated rings. The molecule has 186 valence electrons. The molecule has 0 radical (unpaired) electrons. The molecule has 0 saturated heterocycles. The number of aliphatic carboxylic acids is 1. The first kappa shape index (κ1) is 27.5. The van der Waals surface area contributed by atoms with E-state index in [9.17, 15) is 4.79 Å². The van der Waals surface area contributed by atoms with Gasteiger partial charge >= 0.3 is 5.97 Å². The topological polar surface area (TPSA) is 65.0 Å². The van der Waals surface area contributed by atoms with Gasteiger partial charge in [-0.15, -0.1) is 0 Å². The maximum absolute atomic E-state index is 10.7. The van der Waals surface area contributed by atoms with Gasteiger partial charge in [-0.2, -0.15) is 0 Å². The molecule has 1 heterocycles. The smallest absolute Gasteiger partial charge is 0.303 e. The fourth-order valence-electron chi connectivity index (χ4n) is 4.18. The lowest BCUT2D eigenvalue weighted by molar-refractivity contribution is -0.137. The number of hydrogen-bond donors (Lipinski definition) is 1. The minimum absolute atomic E-state index is 0.109. The molecular weight excluding hydrogens is 432 g/mol. The van der Waals surface area contributed by atoms with Crippen LogP contribution in [0.25, 0.3) is 5.76 Å². The molecule has 0 aromatic heterocycles. The summed E-state index contributed by atoms with van der Waals surface area (Å²) in [5.74, 6) is 1.07. The predicted molar refractivity (Wildman–Crippen MR) is 137 cm³/mol. The third-order valence-corrected chi connectivity index (χ3v) is 11.2. The zero-order chi connectivity index (χ0) is 25.1. The first-order chi connectivity index (χ1) is 15.1. The Labute approximate surface area is 201 Å². The van der Waals surface area contributed by atoms with Gasteiger partial charge in [0, 0.05) is 29.4 Å². The lowest BCUT2D eigenvalue weighted by Crippen LogP contribution is -2.43. The lowest BCUT2D eigenvalue weighted by atomic mass is 9.70. The van der Waals surface area contributed by atoms with Crippen molar-refractivity contribution in [2.45, 2.75) is 85.9 Å². The average molecular weight is 477 g/mol. The Kier molecular flexibility index (Phi) is 8.50. The fraction of sp³-hybridized carbons (Fsp3) is 0.667. The number of carbonyl (C=O) groups is 1. The predicted octanol–water partition coefficient (Wildman–Crippen LogP) is 7.14. The maximum atomic E-state index is 10.7. The van der Waals surface area contributed by atoms with Gasteiger partial charge in [0.25, 0.3) is 0 Å². The van der Waals surface area contributed by atoms with E-state index in [1.54, 1.807) is 0 Å². The minimum Gasteiger partial charge on any atom is -0.543 e. The number of ether oxygens (including phenoxy) is 2. The van der Waals surface area contributed by atoms with E-state index in [1.807, 2.05) is 12.1 Å². The molecule has 0 saturated carbocycles. The fourth-order valence-corrected chi connectivity index (χ4v) is 5.21. The standard InChI is InChI=1S/C27H44O5Si/c1-25(2,3)33(8,9)32-21-14-12-13-20(17-21)23-24(27(6,7)19-31-23)26(4,5)18-30-16-11-10-15-22(28)29/h12-14,17H,10-11,15-16,18-19H2,1-9H3,(H,28,29). The zero-order valence-electron chi connectivity index (χ0n) is 22.1. The van der Waals surface area contributed by atoms with E-state index in [0.717, 1.165) is 23.5 Å². The van der Waals surface area contributed by atoms with Crippen LogP contribution in [0.4, 0.5) is 0 Å². The van der Waals surface area contributed by atoms with Crippen molar-refractivity contribution in [2.24, 2.45) is 10.8 Å². The van der Waals surface area contributed by atoms with Gasteiger partial charge in [-0.05, 0) is 48.7 Å². The second-order valence-electron chi connectivity index (χ2n) is 12.1. The van der Waals surface area contributed by atoms with Crippen LogP contribution in [0.15, 0.2) is 29.8 Å². The van der Waals surface area contributed by atoms with Crippen LogP contribution in [0.5, 0.6) is 5.75 Å². The number of carboxylic acids is 1. The normalized spacial score (nSPS) is 16.6. The molecule has 33 heavy (non-hydrogen) atoms. The summed E-state index contributed by atoms with van der Waals surface area (Å²) in [6, 6.07) is 8.29. The Morgan fingerprint density at radius 1 is 1.15 bits per heavy atom. The molecule has 0 unspecified atom stereocenters. The molecule has 0 spiro atoms. The third-order valence-electron chi connectivity index (χ3n) is 6.83. The van der Waals surface area contributed by atoms with E-state index in [1.165, 1.54) is 5.57 Å². The zero-order valence-corrected chi connectivity index (χ0v) is 23.1. The van der Waals surface area contributed by atoms with Gasteiger partial charge in [0.2, 0.25) is 8.32 Å². The van der Waals surface area contributed by atoms with Crippen LogP contribution < -0.4 is 4.43 Å². The summed E-state index contributed by atoms with van der Waals surface area (Å²) in [5.41, 5.74) is 1.96. The molecule has 6 heteroatoms. The second kappa shape index (κ2) is 10.2. The molecule has 1 aliphatic rings. The molecule has 2 rings (SSSR count). The first-order valence-electron chi connectivity index (χ1n) is 12.0. The lowest BCUT2D eigenvalue weighted by Gasteiger charge is -2.36. The van der Waals surface area contributed by atoms with Crippen LogP contribution in [-0.4, -0.2) is 39.2 Å². The molecule has 1 aromatic rings. The third kappa shape index (κ3) is 7.09. The summed E-state index contributed by atoms with van der Waals surface area (Å²) in [7, 11) is -1.94. The Morgan fingerprint density at radius 3 is 2.42 bits per heavy atom. The van der Waals surface area contributed by atoms with Crippen LogP contribution in [0.1, 0.15) is 73.3 Å². The second-order valence-corrected chi connectivity index (χ2v) is 16.8. The highest BCUT2D eigenvalue weighted by molar-refractivity contribution is 6.74. The van der Waals surface area contributed by atoms with Crippen molar-refractivity contribution >= 4 is 20.0 Å². The van der Waals surface area contributed by atoms with Crippen molar-refractivity contribution in [1.29, 1.82) is 0 Å². The van der Waals surface area contributed by atoms with E-state index >= 15 is 0 Å². The van der Waals surface area contributed by atoms with Crippen molar-refractivity contribution in [2.75, 3.05) is 19.8 Å². The quantitative estimate of drug-likeness (QED) is 0.272. The molecule has 0 bridgehead atoms. The summed E-state index contributed by atoms with van der Waals surface area (Å²) in [4.78, 5) is 10.7. The van der Waals surface area contributed by atoms with Crippen molar-refractivity contribution in [3.63, 3.8) is 0 Å². The minimum atomic E-state index is -1.94. The van der Waals surface area contributed by atoms with Crippen LogP contribution in [0, 0.1) is 10.8 Å². The molecule has 1 aliphatic heterocycles.